The van der Waals surface area contributed by atoms with E-state index >= 15 is 0 Å². The highest BCUT2D eigenvalue weighted by molar-refractivity contribution is 6.30. The third-order valence-electron chi connectivity index (χ3n) is 4.16. The van der Waals surface area contributed by atoms with Gasteiger partial charge in [0.2, 0.25) is 5.91 Å². The van der Waals surface area contributed by atoms with Crippen molar-refractivity contribution in [2.75, 3.05) is 27.2 Å². The van der Waals surface area contributed by atoms with Crippen molar-refractivity contribution in [3.63, 3.8) is 0 Å². The monoisotopic (exact) mass is 324 g/mol. The molecule has 5 heteroatoms. The van der Waals surface area contributed by atoms with Crippen LogP contribution in [0.3, 0.4) is 0 Å². The molecule has 0 unspecified atom stereocenters. The summed E-state index contributed by atoms with van der Waals surface area (Å²) in [6.45, 7) is 4.05. The van der Waals surface area contributed by atoms with Crippen LogP contribution in [-0.2, 0) is 11.3 Å². The van der Waals surface area contributed by atoms with Gasteiger partial charge in [-0.3, -0.25) is 9.69 Å². The molecule has 22 heavy (non-hydrogen) atoms. The molecular weight excluding hydrogens is 300 g/mol. The molecule has 4 nitrogen and oxygen atoms in total. The Hall–Kier alpha value is -1.26. The van der Waals surface area contributed by atoms with Crippen molar-refractivity contribution in [3.05, 3.63) is 28.8 Å². The molecule has 0 radical (unpaired) electrons. The van der Waals surface area contributed by atoms with Crippen molar-refractivity contribution < 1.29 is 9.53 Å². The molecule has 1 saturated heterocycles. The second kappa shape index (κ2) is 7.84. The minimum atomic E-state index is -0.00604. The van der Waals surface area contributed by atoms with Crippen LogP contribution in [-0.4, -0.2) is 49.0 Å². The number of halogens is 1. The Morgan fingerprint density at radius 3 is 2.91 bits per heavy atom. The smallest absolute Gasteiger partial charge is 0.239 e. The zero-order valence-corrected chi connectivity index (χ0v) is 14.4. The highest BCUT2D eigenvalue weighted by Gasteiger charge is 2.28. The number of ether oxygens (including phenoxy) is 1. The summed E-state index contributed by atoms with van der Waals surface area (Å²) in [5.41, 5.74) is 0.948. The highest BCUT2D eigenvalue weighted by atomic mass is 35.5. The van der Waals surface area contributed by atoms with E-state index in [9.17, 15) is 4.79 Å². The van der Waals surface area contributed by atoms with Gasteiger partial charge in [-0.2, -0.15) is 0 Å². The van der Waals surface area contributed by atoms with Crippen LogP contribution in [0.2, 0.25) is 5.02 Å². The number of likely N-dealkylation sites (N-methyl/N-ethyl adjacent to an activating group) is 2. The molecule has 1 fully saturated rings. The Morgan fingerprint density at radius 2 is 2.23 bits per heavy atom. The van der Waals surface area contributed by atoms with Crippen molar-refractivity contribution in [3.8, 4) is 5.75 Å². The summed E-state index contributed by atoms with van der Waals surface area (Å²) in [5.74, 6) is 0.966. The quantitative estimate of drug-likeness (QED) is 0.834. The van der Waals surface area contributed by atoms with E-state index in [0.29, 0.717) is 18.2 Å². The molecule has 122 valence electrons. The predicted octanol–water partition coefficient (Wildman–Crippen LogP) is 3.18. The van der Waals surface area contributed by atoms with Crippen LogP contribution in [0.1, 0.15) is 31.7 Å². The van der Waals surface area contributed by atoms with E-state index in [4.69, 9.17) is 16.3 Å². The molecule has 0 N–H and O–H groups in total. The number of nitrogens with zero attached hydrogens (tertiary/aromatic N) is 2. The predicted molar refractivity (Wildman–Crippen MR) is 89.4 cm³/mol. The third kappa shape index (κ3) is 4.14. The Kier molecular flexibility index (Phi) is 6.09. The topological polar surface area (TPSA) is 32.8 Å². The average Bonchev–Trinajstić information content (AvgIpc) is 2.50. The van der Waals surface area contributed by atoms with Gasteiger partial charge in [0.25, 0.3) is 0 Å². The van der Waals surface area contributed by atoms with E-state index in [0.717, 1.165) is 30.7 Å². The molecule has 1 atom stereocenters. The molecule has 0 spiro atoms. The molecular formula is C17H25ClN2O2. The van der Waals surface area contributed by atoms with E-state index in [2.05, 4.69) is 4.90 Å². The van der Waals surface area contributed by atoms with Crippen LogP contribution in [0.4, 0.5) is 0 Å². The lowest BCUT2D eigenvalue weighted by Crippen LogP contribution is -2.47. The first-order valence-electron chi connectivity index (χ1n) is 7.89. The molecule has 1 heterocycles. The van der Waals surface area contributed by atoms with Crippen LogP contribution in [0.15, 0.2) is 18.2 Å². The van der Waals surface area contributed by atoms with Crippen molar-refractivity contribution in [1.82, 2.24) is 9.80 Å². The van der Waals surface area contributed by atoms with Gasteiger partial charge >= 0.3 is 0 Å². The molecule has 0 aliphatic carbocycles. The van der Waals surface area contributed by atoms with Crippen LogP contribution >= 0.6 is 11.6 Å². The molecule has 0 saturated carbocycles. The number of likely N-dealkylation sites (tertiary alicyclic amines) is 1. The molecule has 0 aromatic heterocycles. The van der Waals surface area contributed by atoms with E-state index in [-0.39, 0.29) is 11.9 Å². The standard InChI is InChI=1S/C17H25ClN2O2/c1-4-22-16-9-8-14(18)11-13(16)12-20(3)17(21)15-7-5-6-10-19(15)2/h8-9,11,15H,4-7,10,12H2,1-3H3/t15-/m1/s1. The molecule has 1 aromatic rings. The van der Waals surface area contributed by atoms with E-state index in [1.807, 2.05) is 39.2 Å². The fourth-order valence-electron chi connectivity index (χ4n) is 2.94. The van der Waals surface area contributed by atoms with E-state index in [1.54, 1.807) is 4.90 Å². The Labute approximate surface area is 138 Å². The molecule has 2 rings (SSSR count). The number of rotatable bonds is 5. The fourth-order valence-corrected chi connectivity index (χ4v) is 3.14. The van der Waals surface area contributed by atoms with E-state index in [1.165, 1.54) is 6.42 Å². The summed E-state index contributed by atoms with van der Waals surface area (Å²) < 4.78 is 5.63. The van der Waals surface area contributed by atoms with Crippen LogP contribution in [0, 0.1) is 0 Å². The highest BCUT2D eigenvalue weighted by Crippen LogP contribution is 2.25. The summed E-state index contributed by atoms with van der Waals surface area (Å²) in [6, 6.07) is 5.55. The molecule has 1 aromatic carbocycles. The maximum atomic E-state index is 12.7. The zero-order valence-electron chi connectivity index (χ0n) is 13.6. The van der Waals surface area contributed by atoms with E-state index < -0.39 is 0 Å². The fraction of sp³-hybridized carbons (Fsp3) is 0.588. The normalized spacial score (nSPS) is 19.0. The number of amides is 1. The Bertz CT molecular complexity index is 521. The summed E-state index contributed by atoms with van der Waals surface area (Å²) in [7, 11) is 3.88. The van der Waals surface area contributed by atoms with Gasteiger partial charge in [0, 0.05) is 24.2 Å². The van der Waals surface area contributed by atoms with Crippen LogP contribution in [0.5, 0.6) is 5.75 Å². The lowest BCUT2D eigenvalue weighted by molar-refractivity contribution is -0.136. The Morgan fingerprint density at radius 1 is 1.45 bits per heavy atom. The SMILES string of the molecule is CCOc1ccc(Cl)cc1CN(C)C(=O)[C@H]1CCCCN1C. The van der Waals surface area contributed by atoms with Gasteiger partial charge in [-0.15, -0.1) is 0 Å². The number of hydrogen-bond donors (Lipinski definition) is 0. The second-order valence-electron chi connectivity index (χ2n) is 5.87. The van der Waals surface area contributed by atoms with Crippen LogP contribution in [0.25, 0.3) is 0 Å². The van der Waals surface area contributed by atoms with Crippen molar-refractivity contribution >= 4 is 17.5 Å². The van der Waals surface area contributed by atoms with Crippen molar-refractivity contribution in [1.29, 1.82) is 0 Å². The summed E-state index contributed by atoms with van der Waals surface area (Å²) >= 11 is 6.08. The van der Waals surface area contributed by atoms with Crippen molar-refractivity contribution in [2.24, 2.45) is 0 Å². The van der Waals surface area contributed by atoms with Gasteiger partial charge in [-0.25, -0.2) is 0 Å². The zero-order chi connectivity index (χ0) is 16.1. The summed E-state index contributed by atoms with van der Waals surface area (Å²) in [5, 5.41) is 0.661. The maximum Gasteiger partial charge on any atom is 0.239 e. The lowest BCUT2D eigenvalue weighted by Gasteiger charge is -2.34. The molecule has 1 aliphatic heterocycles. The van der Waals surface area contributed by atoms with Crippen molar-refractivity contribution in [2.45, 2.75) is 38.8 Å². The lowest BCUT2D eigenvalue weighted by atomic mass is 10.0. The number of hydrogen-bond acceptors (Lipinski definition) is 3. The second-order valence-corrected chi connectivity index (χ2v) is 6.31. The molecule has 1 aliphatic rings. The van der Waals surface area contributed by atoms with Gasteiger partial charge in [-0.05, 0) is 51.6 Å². The van der Waals surface area contributed by atoms with Crippen LogP contribution < -0.4 is 4.74 Å². The van der Waals surface area contributed by atoms with Gasteiger partial charge in [0.05, 0.1) is 12.6 Å². The number of carbonyl (C=O) groups excluding carboxylic acids is 1. The summed E-state index contributed by atoms with van der Waals surface area (Å²) in [6.07, 6.45) is 3.23. The van der Waals surface area contributed by atoms with Gasteiger partial charge in [0.15, 0.2) is 0 Å². The minimum absolute atomic E-state index is 0.00604. The average molecular weight is 325 g/mol. The first-order chi connectivity index (χ1) is 10.5. The number of carbonyl (C=O) groups is 1. The van der Waals surface area contributed by atoms with Gasteiger partial charge in [0.1, 0.15) is 5.75 Å². The third-order valence-corrected chi connectivity index (χ3v) is 4.40. The molecule has 0 bridgehead atoms. The number of benzene rings is 1. The molecule has 1 amide bonds. The maximum absolute atomic E-state index is 12.7. The summed E-state index contributed by atoms with van der Waals surface area (Å²) in [4.78, 5) is 16.6. The first-order valence-corrected chi connectivity index (χ1v) is 8.27. The largest absolute Gasteiger partial charge is 0.494 e. The Balaban J connectivity index is 2.09. The van der Waals surface area contributed by atoms with Gasteiger partial charge < -0.3 is 9.64 Å². The van der Waals surface area contributed by atoms with Gasteiger partial charge in [-0.1, -0.05) is 18.0 Å². The first kappa shape index (κ1) is 17.1. The number of piperidine rings is 1. The minimum Gasteiger partial charge on any atom is -0.494 e.